The standard InChI is InChI=1S/C7H7NO4/c1-11-8-6(7(9)10)5-3-2-4-12-5/h2-4H,1H3,(H,9,10)/p-1. The number of hydrogen-bond donors (Lipinski definition) is 0. The molecule has 0 radical (unpaired) electrons. The van der Waals surface area contributed by atoms with Gasteiger partial charge in [0.1, 0.15) is 7.11 Å². The monoisotopic (exact) mass is 168 g/mol. The average Bonchev–Trinajstić information content (AvgIpc) is 2.51. The van der Waals surface area contributed by atoms with Crippen molar-refractivity contribution in [3.05, 3.63) is 24.2 Å². The molecule has 0 aliphatic rings. The van der Waals surface area contributed by atoms with Crippen LogP contribution in [0.4, 0.5) is 0 Å². The summed E-state index contributed by atoms with van der Waals surface area (Å²) in [5.41, 5.74) is -0.359. The number of oxime groups is 1. The summed E-state index contributed by atoms with van der Waals surface area (Å²) in [6, 6.07) is 3.00. The van der Waals surface area contributed by atoms with Crippen molar-refractivity contribution in [3.8, 4) is 0 Å². The van der Waals surface area contributed by atoms with Gasteiger partial charge in [0.15, 0.2) is 11.5 Å². The van der Waals surface area contributed by atoms with Crippen molar-refractivity contribution in [2.75, 3.05) is 7.11 Å². The van der Waals surface area contributed by atoms with Crippen LogP contribution in [0, 0.1) is 0 Å². The third-order valence-corrected chi connectivity index (χ3v) is 1.13. The second-order valence-corrected chi connectivity index (χ2v) is 1.89. The van der Waals surface area contributed by atoms with Gasteiger partial charge in [-0.2, -0.15) is 0 Å². The van der Waals surface area contributed by atoms with Gasteiger partial charge in [0.25, 0.3) is 0 Å². The normalized spacial score (nSPS) is 11.2. The van der Waals surface area contributed by atoms with Crippen molar-refractivity contribution in [1.29, 1.82) is 0 Å². The summed E-state index contributed by atoms with van der Waals surface area (Å²) in [5.74, 6) is -1.33. The molecule has 0 aliphatic heterocycles. The Morgan fingerprint density at radius 1 is 1.75 bits per heavy atom. The summed E-state index contributed by atoms with van der Waals surface area (Å²) in [4.78, 5) is 14.7. The van der Waals surface area contributed by atoms with Gasteiger partial charge >= 0.3 is 0 Å². The smallest absolute Gasteiger partial charge is 0.167 e. The van der Waals surface area contributed by atoms with Crippen molar-refractivity contribution in [1.82, 2.24) is 0 Å². The molecule has 0 amide bonds. The summed E-state index contributed by atoms with van der Waals surface area (Å²) in [5, 5.41) is 13.6. The highest BCUT2D eigenvalue weighted by Crippen LogP contribution is 2.01. The largest absolute Gasteiger partial charge is 0.543 e. The number of furan rings is 1. The van der Waals surface area contributed by atoms with E-state index in [0.29, 0.717) is 0 Å². The van der Waals surface area contributed by atoms with E-state index in [0.717, 1.165) is 0 Å². The lowest BCUT2D eigenvalue weighted by Crippen LogP contribution is -2.32. The molecule has 1 aromatic heterocycles. The van der Waals surface area contributed by atoms with Gasteiger partial charge in [-0.05, 0) is 12.1 Å². The van der Waals surface area contributed by atoms with Gasteiger partial charge in [-0.3, -0.25) is 0 Å². The van der Waals surface area contributed by atoms with Gasteiger partial charge in [-0.25, -0.2) is 0 Å². The highest BCUT2D eigenvalue weighted by Gasteiger charge is 2.07. The van der Waals surface area contributed by atoms with E-state index in [1.165, 1.54) is 19.4 Å². The molecule has 0 atom stereocenters. The van der Waals surface area contributed by atoms with Crippen LogP contribution in [0.15, 0.2) is 28.0 Å². The Hall–Kier alpha value is -1.78. The van der Waals surface area contributed by atoms with Crippen LogP contribution in [0.2, 0.25) is 0 Å². The Morgan fingerprint density at radius 3 is 2.92 bits per heavy atom. The molecule has 64 valence electrons. The Morgan fingerprint density at radius 2 is 2.50 bits per heavy atom. The zero-order chi connectivity index (χ0) is 8.97. The molecule has 0 aromatic carbocycles. The Kier molecular flexibility index (Phi) is 2.47. The molecule has 0 bridgehead atoms. The Bertz CT molecular complexity index is 288. The van der Waals surface area contributed by atoms with Crippen LogP contribution in [-0.4, -0.2) is 18.8 Å². The first-order chi connectivity index (χ1) is 5.75. The summed E-state index contributed by atoms with van der Waals surface area (Å²) in [6.07, 6.45) is 1.34. The molecule has 1 aromatic rings. The van der Waals surface area contributed by atoms with Gasteiger partial charge in [0.05, 0.1) is 12.2 Å². The number of carboxylic acids is 1. The van der Waals surface area contributed by atoms with E-state index in [1.54, 1.807) is 6.07 Å². The maximum atomic E-state index is 10.4. The molecule has 0 fully saturated rings. The highest BCUT2D eigenvalue weighted by molar-refractivity contribution is 6.40. The number of aliphatic carboxylic acids is 1. The fourth-order valence-electron chi connectivity index (χ4n) is 0.687. The van der Waals surface area contributed by atoms with Crippen molar-refractivity contribution in [3.63, 3.8) is 0 Å². The van der Waals surface area contributed by atoms with Crippen LogP contribution in [0.3, 0.4) is 0 Å². The van der Waals surface area contributed by atoms with E-state index in [9.17, 15) is 9.90 Å². The van der Waals surface area contributed by atoms with Crippen molar-refractivity contribution in [2.45, 2.75) is 0 Å². The zero-order valence-corrected chi connectivity index (χ0v) is 6.31. The van der Waals surface area contributed by atoms with Crippen molar-refractivity contribution < 1.29 is 19.2 Å². The number of carbonyl (C=O) groups excluding carboxylic acids is 1. The Balaban J connectivity index is 2.96. The molecular formula is C7H6NO4-. The molecule has 0 unspecified atom stereocenters. The van der Waals surface area contributed by atoms with Gasteiger partial charge in [0.2, 0.25) is 0 Å². The highest BCUT2D eigenvalue weighted by atomic mass is 16.6. The minimum Gasteiger partial charge on any atom is -0.543 e. The number of carboxylic acid groups (broad SMARTS) is 1. The predicted octanol–water partition coefficient (Wildman–Crippen LogP) is -0.620. The van der Waals surface area contributed by atoms with Crippen LogP contribution >= 0.6 is 0 Å². The molecule has 12 heavy (non-hydrogen) atoms. The second kappa shape index (κ2) is 3.56. The van der Waals surface area contributed by atoms with Crippen LogP contribution < -0.4 is 5.11 Å². The molecule has 1 rings (SSSR count). The van der Waals surface area contributed by atoms with Crippen LogP contribution in [-0.2, 0) is 9.63 Å². The number of rotatable bonds is 3. The van der Waals surface area contributed by atoms with E-state index < -0.39 is 5.97 Å². The van der Waals surface area contributed by atoms with Gasteiger partial charge in [-0.1, -0.05) is 5.16 Å². The first-order valence-electron chi connectivity index (χ1n) is 3.12. The fraction of sp³-hybridized carbons (Fsp3) is 0.143. The number of hydrogen-bond acceptors (Lipinski definition) is 5. The quantitative estimate of drug-likeness (QED) is 0.445. The van der Waals surface area contributed by atoms with Crippen molar-refractivity contribution >= 4 is 11.7 Å². The lowest BCUT2D eigenvalue weighted by molar-refractivity contribution is -0.294. The summed E-state index contributed by atoms with van der Waals surface area (Å²) < 4.78 is 4.78. The summed E-state index contributed by atoms with van der Waals surface area (Å²) in [6.45, 7) is 0. The minimum atomic E-state index is -1.44. The third-order valence-electron chi connectivity index (χ3n) is 1.13. The molecule has 1 heterocycles. The van der Waals surface area contributed by atoms with Gasteiger partial charge < -0.3 is 19.2 Å². The van der Waals surface area contributed by atoms with E-state index in [2.05, 4.69) is 9.99 Å². The zero-order valence-electron chi connectivity index (χ0n) is 6.31. The van der Waals surface area contributed by atoms with E-state index in [-0.39, 0.29) is 11.5 Å². The molecule has 0 N–H and O–H groups in total. The second-order valence-electron chi connectivity index (χ2n) is 1.89. The van der Waals surface area contributed by atoms with E-state index >= 15 is 0 Å². The van der Waals surface area contributed by atoms with Crippen LogP contribution in [0.5, 0.6) is 0 Å². The van der Waals surface area contributed by atoms with Crippen LogP contribution in [0.1, 0.15) is 5.76 Å². The minimum absolute atomic E-state index is 0.108. The third kappa shape index (κ3) is 1.63. The predicted molar refractivity (Wildman–Crippen MR) is 37.3 cm³/mol. The molecule has 5 heteroatoms. The summed E-state index contributed by atoms with van der Waals surface area (Å²) >= 11 is 0. The van der Waals surface area contributed by atoms with Gasteiger partial charge in [-0.15, -0.1) is 0 Å². The van der Waals surface area contributed by atoms with E-state index in [4.69, 9.17) is 4.42 Å². The van der Waals surface area contributed by atoms with Crippen molar-refractivity contribution in [2.24, 2.45) is 5.16 Å². The lowest BCUT2D eigenvalue weighted by Gasteiger charge is -2.01. The molecule has 0 saturated carbocycles. The Labute approximate surface area is 68.2 Å². The molecule has 0 aliphatic carbocycles. The maximum Gasteiger partial charge on any atom is 0.167 e. The number of carbonyl (C=O) groups is 1. The fourth-order valence-corrected chi connectivity index (χ4v) is 0.687. The average molecular weight is 168 g/mol. The first-order valence-corrected chi connectivity index (χ1v) is 3.12. The van der Waals surface area contributed by atoms with Gasteiger partial charge in [0, 0.05) is 0 Å². The molecule has 5 nitrogen and oxygen atoms in total. The van der Waals surface area contributed by atoms with E-state index in [1.807, 2.05) is 0 Å². The first kappa shape index (κ1) is 8.32. The maximum absolute atomic E-state index is 10.4. The molecule has 0 saturated heterocycles. The van der Waals surface area contributed by atoms with Crippen LogP contribution in [0.25, 0.3) is 0 Å². The molecule has 0 spiro atoms. The number of nitrogens with zero attached hydrogens (tertiary/aromatic N) is 1. The lowest BCUT2D eigenvalue weighted by atomic mass is 10.3. The molecular weight excluding hydrogens is 162 g/mol. The topological polar surface area (TPSA) is 74.9 Å². The SMILES string of the molecule is CON=C(C(=O)[O-])c1ccco1. The summed E-state index contributed by atoms with van der Waals surface area (Å²) in [7, 11) is 1.24.